The molecule has 0 radical (unpaired) electrons. The van der Waals surface area contributed by atoms with Crippen LogP contribution in [0.2, 0.25) is 0 Å². The smallest absolute Gasteiger partial charge is 0.255 e. The van der Waals surface area contributed by atoms with Crippen LogP contribution < -0.4 is 9.47 Å². The Morgan fingerprint density at radius 2 is 1.54 bits per heavy atom. The molecule has 1 aliphatic heterocycles. The number of nitrogens with one attached hydrogen (secondary N) is 1. The molecule has 1 aromatic heterocycles. The lowest BCUT2D eigenvalue weighted by Gasteiger charge is -2.32. The molecule has 0 spiro atoms. The van der Waals surface area contributed by atoms with Crippen LogP contribution in [0.3, 0.4) is 0 Å². The second-order valence-electron chi connectivity index (χ2n) is 9.31. The van der Waals surface area contributed by atoms with Gasteiger partial charge in [0.05, 0.1) is 32.0 Å². The number of ether oxygens (including phenoxy) is 2. The first-order valence-electron chi connectivity index (χ1n) is 12.4. The Hall–Kier alpha value is -4.51. The number of benzene rings is 4. The molecule has 5 nitrogen and oxygen atoms in total. The molecule has 4 aromatic carbocycles. The van der Waals surface area contributed by atoms with Crippen LogP contribution in [0.15, 0.2) is 97.1 Å². The molecule has 37 heavy (non-hydrogen) atoms. The number of amides is 1. The Bertz CT molecular complexity index is 1610. The molecule has 1 aliphatic rings. The number of hydrogen-bond acceptors (Lipinski definition) is 3. The van der Waals surface area contributed by atoms with Crippen molar-refractivity contribution >= 4 is 16.8 Å². The lowest BCUT2D eigenvalue weighted by molar-refractivity contribution is 0.0678. The lowest BCUT2D eigenvalue weighted by Crippen LogP contribution is -2.31. The first kappa shape index (κ1) is 22.9. The number of methoxy groups -OCH3 is 2. The van der Waals surface area contributed by atoms with E-state index >= 15 is 0 Å². The molecule has 5 aromatic rings. The van der Waals surface area contributed by atoms with E-state index in [0.29, 0.717) is 0 Å². The van der Waals surface area contributed by atoms with Gasteiger partial charge in [0.1, 0.15) is 11.5 Å². The molecule has 6 rings (SSSR count). The average Bonchev–Trinajstić information content (AvgIpc) is 3.47. The fourth-order valence-electron chi connectivity index (χ4n) is 5.59. The summed E-state index contributed by atoms with van der Waals surface area (Å²) in [7, 11) is 3.33. The Balaban J connectivity index is 1.65. The van der Waals surface area contributed by atoms with Crippen LogP contribution in [0.25, 0.3) is 22.2 Å². The van der Waals surface area contributed by atoms with Crippen LogP contribution in [-0.2, 0) is 0 Å². The quantitative estimate of drug-likeness (QED) is 0.276. The molecule has 0 bridgehead atoms. The predicted octanol–water partition coefficient (Wildman–Crippen LogP) is 7.16. The highest BCUT2D eigenvalue weighted by Crippen LogP contribution is 2.49. The topological polar surface area (TPSA) is 54.6 Å². The molecule has 0 saturated carbocycles. The number of aromatic amines is 1. The molecule has 2 heterocycles. The first-order chi connectivity index (χ1) is 18.1. The molecule has 1 N–H and O–H groups in total. The summed E-state index contributed by atoms with van der Waals surface area (Å²) >= 11 is 0. The lowest BCUT2D eigenvalue weighted by atomic mass is 9.92. The van der Waals surface area contributed by atoms with Gasteiger partial charge in [-0.05, 0) is 48.4 Å². The fourth-order valence-corrected chi connectivity index (χ4v) is 5.59. The minimum Gasteiger partial charge on any atom is -0.497 e. The number of rotatable bonds is 6. The maximum absolute atomic E-state index is 14.0. The zero-order chi connectivity index (χ0) is 25.5. The number of carbonyl (C=O) groups excluding carboxylic acids is 1. The summed E-state index contributed by atoms with van der Waals surface area (Å²) in [5.41, 5.74) is 6.68. The Kier molecular flexibility index (Phi) is 5.68. The summed E-state index contributed by atoms with van der Waals surface area (Å²) in [6, 6.07) is 31.8. The van der Waals surface area contributed by atoms with Crippen molar-refractivity contribution in [2.75, 3.05) is 14.2 Å². The average molecular weight is 489 g/mol. The van der Waals surface area contributed by atoms with E-state index in [1.165, 1.54) is 0 Å². The Morgan fingerprint density at radius 1 is 0.811 bits per heavy atom. The predicted molar refractivity (Wildman–Crippen MR) is 146 cm³/mol. The van der Waals surface area contributed by atoms with E-state index in [-0.39, 0.29) is 18.0 Å². The van der Waals surface area contributed by atoms with E-state index in [4.69, 9.17) is 9.47 Å². The van der Waals surface area contributed by atoms with Crippen molar-refractivity contribution in [3.63, 3.8) is 0 Å². The van der Waals surface area contributed by atoms with Crippen LogP contribution in [0.4, 0.5) is 0 Å². The van der Waals surface area contributed by atoms with Crippen molar-refractivity contribution in [3.8, 4) is 22.8 Å². The summed E-state index contributed by atoms with van der Waals surface area (Å²) in [5.74, 6) is 1.50. The van der Waals surface area contributed by atoms with Crippen molar-refractivity contribution in [1.82, 2.24) is 9.88 Å². The molecule has 1 amide bonds. The number of nitrogens with zero attached hydrogens (tertiary/aromatic N) is 1. The third kappa shape index (κ3) is 3.66. The van der Waals surface area contributed by atoms with Crippen LogP contribution in [0, 0.1) is 0 Å². The van der Waals surface area contributed by atoms with Gasteiger partial charge in [0, 0.05) is 27.6 Å². The van der Waals surface area contributed by atoms with Crippen LogP contribution in [0.5, 0.6) is 11.5 Å². The molecule has 0 aliphatic carbocycles. The summed E-state index contributed by atoms with van der Waals surface area (Å²) in [6.45, 7) is 2.10. The van der Waals surface area contributed by atoms with Crippen LogP contribution >= 0.6 is 0 Å². The number of hydrogen-bond donors (Lipinski definition) is 1. The van der Waals surface area contributed by atoms with Gasteiger partial charge < -0.3 is 19.4 Å². The van der Waals surface area contributed by atoms with Gasteiger partial charge in [0.15, 0.2) is 0 Å². The number of H-pyrrole nitrogens is 1. The largest absolute Gasteiger partial charge is 0.497 e. The Labute approximate surface area is 216 Å². The molecular formula is C32H28N2O3. The van der Waals surface area contributed by atoms with Crippen molar-refractivity contribution in [2.24, 2.45) is 0 Å². The first-order valence-corrected chi connectivity index (χ1v) is 12.4. The van der Waals surface area contributed by atoms with Gasteiger partial charge in [0.2, 0.25) is 0 Å². The monoisotopic (exact) mass is 488 g/mol. The van der Waals surface area contributed by atoms with E-state index < -0.39 is 0 Å². The van der Waals surface area contributed by atoms with Crippen molar-refractivity contribution in [2.45, 2.75) is 19.0 Å². The van der Waals surface area contributed by atoms with Crippen molar-refractivity contribution in [3.05, 3.63) is 119 Å². The zero-order valence-electron chi connectivity index (χ0n) is 21.1. The van der Waals surface area contributed by atoms with Gasteiger partial charge in [-0.25, -0.2) is 0 Å². The van der Waals surface area contributed by atoms with Crippen molar-refractivity contribution < 1.29 is 14.3 Å². The van der Waals surface area contributed by atoms with Crippen molar-refractivity contribution in [1.29, 1.82) is 0 Å². The maximum Gasteiger partial charge on any atom is 0.255 e. The standard InChI is InChI=1S/C32H28N2O3/c1-20(21-11-5-4-6-12-21)34-31(23-13-7-8-14-24(23)32(34)35)29-25-15-9-10-16-27(25)33-30(29)26-19-22(36-2)17-18-28(26)37-3/h4-20,31,33H,1-3H3/t20-,31-/m1/s1. The molecule has 0 unspecified atom stereocenters. The van der Waals surface area contributed by atoms with Gasteiger partial charge in [-0.15, -0.1) is 0 Å². The second kappa shape index (κ2) is 9.17. The molecule has 5 heteroatoms. The maximum atomic E-state index is 14.0. The SMILES string of the molecule is COc1ccc(OC)c(-c2[nH]c3ccccc3c2[C@H]2c3ccccc3C(=O)N2[C@H](C)c2ccccc2)c1. The summed E-state index contributed by atoms with van der Waals surface area (Å²) in [4.78, 5) is 19.7. The third-order valence-electron chi connectivity index (χ3n) is 7.39. The third-order valence-corrected chi connectivity index (χ3v) is 7.39. The highest BCUT2D eigenvalue weighted by atomic mass is 16.5. The zero-order valence-corrected chi connectivity index (χ0v) is 21.1. The van der Waals surface area contributed by atoms with E-state index in [9.17, 15) is 4.79 Å². The fraction of sp³-hybridized carbons (Fsp3) is 0.156. The van der Waals surface area contributed by atoms with E-state index in [2.05, 4.69) is 42.2 Å². The van der Waals surface area contributed by atoms with Crippen LogP contribution in [0.1, 0.15) is 46.1 Å². The van der Waals surface area contributed by atoms with Gasteiger partial charge in [0.25, 0.3) is 5.91 Å². The number of aromatic nitrogens is 1. The molecular weight excluding hydrogens is 460 g/mol. The summed E-state index contributed by atoms with van der Waals surface area (Å²) in [5, 5.41) is 1.07. The van der Waals surface area contributed by atoms with Gasteiger partial charge >= 0.3 is 0 Å². The molecule has 0 fully saturated rings. The van der Waals surface area contributed by atoms with Gasteiger partial charge in [-0.2, -0.15) is 0 Å². The van der Waals surface area contributed by atoms with Gasteiger partial charge in [-0.3, -0.25) is 4.79 Å². The summed E-state index contributed by atoms with van der Waals surface area (Å²) < 4.78 is 11.4. The second-order valence-corrected chi connectivity index (χ2v) is 9.31. The van der Waals surface area contributed by atoms with Crippen LogP contribution in [-0.4, -0.2) is 30.0 Å². The Morgan fingerprint density at radius 3 is 2.32 bits per heavy atom. The van der Waals surface area contributed by atoms with E-state index in [1.807, 2.05) is 71.6 Å². The van der Waals surface area contributed by atoms with Gasteiger partial charge in [-0.1, -0.05) is 66.7 Å². The molecule has 184 valence electrons. The molecule has 0 saturated heterocycles. The number of carbonyl (C=O) groups is 1. The molecule has 2 atom stereocenters. The number of para-hydroxylation sites is 1. The van der Waals surface area contributed by atoms with E-state index in [1.54, 1.807) is 14.2 Å². The highest BCUT2D eigenvalue weighted by molar-refractivity contribution is 6.02. The normalized spacial score (nSPS) is 15.6. The highest BCUT2D eigenvalue weighted by Gasteiger charge is 2.43. The minimum atomic E-state index is -0.291. The minimum absolute atomic E-state index is 0.0331. The van der Waals surface area contributed by atoms with E-state index in [0.717, 1.165) is 55.9 Å². The summed E-state index contributed by atoms with van der Waals surface area (Å²) in [6.07, 6.45) is 0. The number of fused-ring (bicyclic) bond motifs is 2.